The van der Waals surface area contributed by atoms with Gasteiger partial charge in [-0.1, -0.05) is 6.08 Å². The van der Waals surface area contributed by atoms with Crippen LogP contribution in [0, 0.1) is 0 Å². The van der Waals surface area contributed by atoms with Gasteiger partial charge in [-0.3, -0.25) is 4.79 Å². The van der Waals surface area contributed by atoms with Crippen LogP contribution in [-0.4, -0.2) is 12.9 Å². The molecule has 1 aliphatic rings. The summed E-state index contributed by atoms with van der Waals surface area (Å²) in [7, 11) is 1.58. The van der Waals surface area contributed by atoms with Gasteiger partial charge in [0, 0.05) is 17.3 Å². The van der Waals surface area contributed by atoms with E-state index in [-0.39, 0.29) is 5.78 Å². The van der Waals surface area contributed by atoms with Crippen LogP contribution in [0.15, 0.2) is 29.8 Å². The number of nitrogen functional groups attached to an aromatic ring is 1. The molecule has 90 valence electrons. The lowest BCUT2D eigenvalue weighted by Gasteiger charge is -2.13. The molecule has 3 nitrogen and oxygen atoms in total. The van der Waals surface area contributed by atoms with E-state index in [1.54, 1.807) is 25.3 Å². The van der Waals surface area contributed by atoms with Crippen molar-refractivity contribution in [3.8, 4) is 5.75 Å². The minimum absolute atomic E-state index is 0.0600. The molecule has 0 radical (unpaired) electrons. The van der Waals surface area contributed by atoms with E-state index in [1.807, 2.05) is 6.08 Å². The molecule has 0 aliphatic heterocycles. The number of Topliss-reactive ketones (excluding diaryl/α,β-unsaturated/α-hetero) is 1. The first-order valence-electron chi connectivity index (χ1n) is 5.89. The highest BCUT2D eigenvalue weighted by Crippen LogP contribution is 2.26. The van der Waals surface area contributed by atoms with E-state index in [0.717, 1.165) is 24.8 Å². The number of hydrogen-bond donors (Lipinski definition) is 1. The van der Waals surface area contributed by atoms with Crippen molar-refractivity contribution >= 4 is 11.5 Å². The Hall–Kier alpha value is -1.77. The minimum atomic E-state index is 0.0600. The average molecular weight is 231 g/mol. The van der Waals surface area contributed by atoms with Gasteiger partial charge in [-0.2, -0.15) is 0 Å². The van der Waals surface area contributed by atoms with Crippen molar-refractivity contribution in [3.63, 3.8) is 0 Å². The van der Waals surface area contributed by atoms with E-state index in [2.05, 4.69) is 0 Å². The zero-order valence-electron chi connectivity index (χ0n) is 10.0. The van der Waals surface area contributed by atoms with Gasteiger partial charge >= 0.3 is 0 Å². The smallest absolute Gasteiger partial charge is 0.190 e. The second-order valence-electron chi connectivity index (χ2n) is 4.26. The van der Waals surface area contributed by atoms with Gasteiger partial charge in [-0.25, -0.2) is 0 Å². The number of hydrogen-bond acceptors (Lipinski definition) is 3. The molecule has 1 aromatic rings. The molecule has 2 N–H and O–H groups in total. The number of benzene rings is 1. The molecule has 2 rings (SSSR count). The molecule has 0 heterocycles. The van der Waals surface area contributed by atoms with E-state index in [9.17, 15) is 4.79 Å². The number of allylic oxidation sites excluding steroid dienone is 2. The molecular formula is C14H17NO2. The summed E-state index contributed by atoms with van der Waals surface area (Å²) in [6, 6.07) is 5.20. The largest absolute Gasteiger partial charge is 0.497 e. The Kier molecular flexibility index (Phi) is 3.47. The average Bonchev–Trinajstić information content (AvgIpc) is 2.39. The van der Waals surface area contributed by atoms with Crippen LogP contribution in [0.3, 0.4) is 0 Å². The topological polar surface area (TPSA) is 52.3 Å². The van der Waals surface area contributed by atoms with Gasteiger partial charge in [0.1, 0.15) is 5.75 Å². The summed E-state index contributed by atoms with van der Waals surface area (Å²) in [5.74, 6) is 0.738. The summed E-state index contributed by atoms with van der Waals surface area (Å²) in [6.45, 7) is 0. The van der Waals surface area contributed by atoms with Gasteiger partial charge < -0.3 is 10.5 Å². The molecule has 0 fully saturated rings. The van der Waals surface area contributed by atoms with Crippen molar-refractivity contribution in [2.45, 2.75) is 25.7 Å². The molecule has 0 atom stereocenters. The second-order valence-corrected chi connectivity index (χ2v) is 4.26. The summed E-state index contributed by atoms with van der Waals surface area (Å²) < 4.78 is 5.07. The van der Waals surface area contributed by atoms with Gasteiger partial charge in [0.15, 0.2) is 5.78 Å². The number of carbonyl (C=O) groups is 1. The number of ether oxygens (including phenoxy) is 1. The Morgan fingerprint density at radius 2 is 2.18 bits per heavy atom. The summed E-state index contributed by atoms with van der Waals surface area (Å²) in [5, 5.41) is 0. The van der Waals surface area contributed by atoms with E-state index in [1.165, 1.54) is 6.42 Å². The van der Waals surface area contributed by atoms with Crippen molar-refractivity contribution in [1.29, 1.82) is 0 Å². The fourth-order valence-corrected chi connectivity index (χ4v) is 2.09. The van der Waals surface area contributed by atoms with E-state index in [4.69, 9.17) is 10.5 Å². The van der Waals surface area contributed by atoms with Crippen molar-refractivity contribution in [2.75, 3.05) is 12.8 Å². The molecule has 0 saturated carbocycles. The summed E-state index contributed by atoms with van der Waals surface area (Å²) >= 11 is 0. The maximum atomic E-state index is 12.2. The molecule has 0 aromatic heterocycles. The van der Waals surface area contributed by atoms with Gasteiger partial charge in [0.05, 0.1) is 7.11 Å². The monoisotopic (exact) mass is 231 g/mol. The molecule has 0 spiro atoms. The third kappa shape index (κ3) is 2.49. The quantitative estimate of drug-likeness (QED) is 0.642. The zero-order chi connectivity index (χ0) is 12.3. The normalized spacial score (nSPS) is 15.2. The lowest BCUT2D eigenvalue weighted by atomic mass is 9.92. The Morgan fingerprint density at radius 3 is 2.76 bits per heavy atom. The van der Waals surface area contributed by atoms with Crippen molar-refractivity contribution in [2.24, 2.45) is 0 Å². The highest BCUT2D eigenvalue weighted by molar-refractivity contribution is 6.11. The standard InChI is InChI=1S/C14H17NO2/c1-17-11-7-8-12(13(15)9-11)14(16)10-5-3-2-4-6-10/h5,7-9H,2-4,6,15H2,1H3. The Balaban J connectivity index is 2.27. The van der Waals surface area contributed by atoms with Gasteiger partial charge in [0.25, 0.3) is 0 Å². The van der Waals surface area contributed by atoms with Crippen molar-refractivity contribution < 1.29 is 9.53 Å². The maximum absolute atomic E-state index is 12.2. The highest BCUT2D eigenvalue weighted by atomic mass is 16.5. The molecule has 17 heavy (non-hydrogen) atoms. The summed E-state index contributed by atoms with van der Waals surface area (Å²) in [4.78, 5) is 12.2. The molecule has 0 saturated heterocycles. The number of anilines is 1. The predicted molar refractivity (Wildman–Crippen MR) is 68.3 cm³/mol. The van der Waals surface area contributed by atoms with Gasteiger partial charge in [-0.15, -0.1) is 0 Å². The van der Waals surface area contributed by atoms with Crippen LogP contribution < -0.4 is 10.5 Å². The molecule has 1 aromatic carbocycles. The van der Waals surface area contributed by atoms with Gasteiger partial charge in [0.2, 0.25) is 0 Å². The Morgan fingerprint density at radius 1 is 1.35 bits per heavy atom. The Bertz CT molecular complexity index is 463. The molecule has 0 amide bonds. The number of methoxy groups -OCH3 is 1. The second kappa shape index (κ2) is 5.04. The van der Waals surface area contributed by atoms with E-state index < -0.39 is 0 Å². The zero-order valence-corrected chi connectivity index (χ0v) is 10.0. The third-order valence-corrected chi connectivity index (χ3v) is 3.09. The molecular weight excluding hydrogens is 214 g/mol. The SMILES string of the molecule is COc1ccc(C(=O)C2=CCCCC2)c(N)c1. The first-order chi connectivity index (χ1) is 8.22. The van der Waals surface area contributed by atoms with Crippen LogP contribution in [0.25, 0.3) is 0 Å². The first-order valence-corrected chi connectivity index (χ1v) is 5.89. The highest BCUT2D eigenvalue weighted by Gasteiger charge is 2.16. The summed E-state index contributed by atoms with van der Waals surface area (Å²) in [5.41, 5.74) is 7.84. The lowest BCUT2D eigenvalue weighted by Crippen LogP contribution is -2.09. The van der Waals surface area contributed by atoms with E-state index >= 15 is 0 Å². The minimum Gasteiger partial charge on any atom is -0.497 e. The Labute approximate surface area is 101 Å². The van der Waals surface area contributed by atoms with Crippen LogP contribution in [-0.2, 0) is 0 Å². The lowest BCUT2D eigenvalue weighted by molar-refractivity contribution is 0.102. The van der Waals surface area contributed by atoms with Crippen LogP contribution in [0.2, 0.25) is 0 Å². The molecule has 0 bridgehead atoms. The van der Waals surface area contributed by atoms with Crippen LogP contribution >= 0.6 is 0 Å². The molecule has 0 unspecified atom stereocenters. The fourth-order valence-electron chi connectivity index (χ4n) is 2.09. The first kappa shape index (κ1) is 11.7. The molecule has 1 aliphatic carbocycles. The van der Waals surface area contributed by atoms with E-state index in [0.29, 0.717) is 17.0 Å². The van der Waals surface area contributed by atoms with Crippen LogP contribution in [0.1, 0.15) is 36.0 Å². The number of nitrogens with two attached hydrogens (primary N) is 1. The third-order valence-electron chi connectivity index (χ3n) is 3.09. The number of rotatable bonds is 3. The maximum Gasteiger partial charge on any atom is 0.190 e. The van der Waals surface area contributed by atoms with Crippen molar-refractivity contribution in [3.05, 3.63) is 35.4 Å². The van der Waals surface area contributed by atoms with Crippen LogP contribution in [0.5, 0.6) is 5.75 Å². The summed E-state index contributed by atoms with van der Waals surface area (Å²) in [6.07, 6.45) is 6.17. The number of ketones is 1. The van der Waals surface area contributed by atoms with Crippen LogP contribution in [0.4, 0.5) is 5.69 Å². The fraction of sp³-hybridized carbons (Fsp3) is 0.357. The van der Waals surface area contributed by atoms with Gasteiger partial charge in [-0.05, 0) is 43.4 Å². The predicted octanol–water partition coefficient (Wildman–Crippen LogP) is 2.96. The van der Waals surface area contributed by atoms with Crippen molar-refractivity contribution in [1.82, 2.24) is 0 Å². The number of carbonyl (C=O) groups excluding carboxylic acids is 1. The molecule has 3 heteroatoms.